The molecule has 0 bridgehead atoms. The molecule has 2 unspecified atom stereocenters. The molecule has 152 valence electrons. The van der Waals surface area contributed by atoms with Gasteiger partial charge in [-0.1, -0.05) is 38.1 Å². The summed E-state index contributed by atoms with van der Waals surface area (Å²) in [5.74, 6) is 0.587. The number of nitrogens with zero attached hydrogens (tertiary/aromatic N) is 2. The van der Waals surface area contributed by atoms with Crippen molar-refractivity contribution in [3.63, 3.8) is 0 Å². The van der Waals surface area contributed by atoms with Gasteiger partial charge in [-0.15, -0.1) is 0 Å². The van der Waals surface area contributed by atoms with Crippen LogP contribution in [-0.4, -0.2) is 79.7 Å². The first-order chi connectivity index (χ1) is 13.1. The summed E-state index contributed by atoms with van der Waals surface area (Å²) in [7, 11) is 0. The number of piperazine rings is 1. The van der Waals surface area contributed by atoms with E-state index in [-0.39, 0.29) is 6.10 Å². The Hall–Kier alpha value is -0.980. The van der Waals surface area contributed by atoms with Crippen LogP contribution in [0.4, 0.5) is 0 Å². The summed E-state index contributed by atoms with van der Waals surface area (Å²) >= 11 is 0. The monoisotopic (exact) mass is 376 g/mol. The normalized spacial score (nSPS) is 23.2. The Morgan fingerprint density at radius 1 is 1.11 bits per heavy atom. The number of benzene rings is 1. The smallest absolute Gasteiger partial charge is 0.0900 e. The molecule has 2 aliphatic rings. The van der Waals surface area contributed by atoms with E-state index in [1.165, 1.54) is 11.1 Å². The number of rotatable bonds is 9. The van der Waals surface area contributed by atoms with Crippen molar-refractivity contribution in [3.8, 4) is 0 Å². The minimum atomic E-state index is -0.415. The molecule has 2 saturated heterocycles. The largest absolute Gasteiger partial charge is 0.389 e. The van der Waals surface area contributed by atoms with Gasteiger partial charge in [0.15, 0.2) is 0 Å². The lowest BCUT2D eigenvalue weighted by Crippen LogP contribution is -2.48. The molecule has 1 aromatic carbocycles. The molecular formula is C22H36N2O3. The zero-order valence-electron chi connectivity index (χ0n) is 17.0. The third-order valence-electron chi connectivity index (χ3n) is 5.62. The van der Waals surface area contributed by atoms with Crippen molar-refractivity contribution in [3.05, 3.63) is 35.4 Å². The minimum Gasteiger partial charge on any atom is -0.389 e. The van der Waals surface area contributed by atoms with Crippen LogP contribution in [0.2, 0.25) is 0 Å². The fourth-order valence-electron chi connectivity index (χ4n) is 3.86. The standard InChI is InChI=1S/C22H36N2O3/c1-18(2)20-7-5-19(6-8-20)14-23-9-11-24(12-10-23)15-21(25)16-26-17-22-4-3-13-27-22/h5-8,18,21-22,25H,3-4,9-17H2,1-2H3. The molecule has 5 nitrogen and oxygen atoms in total. The second-order valence-electron chi connectivity index (χ2n) is 8.30. The van der Waals surface area contributed by atoms with Gasteiger partial charge in [-0.25, -0.2) is 0 Å². The third kappa shape index (κ3) is 6.84. The predicted octanol–water partition coefficient (Wildman–Crippen LogP) is 2.48. The van der Waals surface area contributed by atoms with Crippen molar-refractivity contribution < 1.29 is 14.6 Å². The lowest BCUT2D eigenvalue weighted by molar-refractivity contribution is -0.0287. The second kappa shape index (κ2) is 10.5. The number of aliphatic hydroxyl groups excluding tert-OH is 1. The Balaban J connectivity index is 1.31. The average molecular weight is 377 g/mol. The fraction of sp³-hybridized carbons (Fsp3) is 0.727. The topological polar surface area (TPSA) is 45.2 Å². The Labute approximate surface area is 164 Å². The fourth-order valence-corrected chi connectivity index (χ4v) is 3.86. The Bertz CT molecular complexity index is 535. The first-order valence-electron chi connectivity index (χ1n) is 10.5. The minimum absolute atomic E-state index is 0.232. The Kier molecular flexibility index (Phi) is 8.09. The van der Waals surface area contributed by atoms with Gasteiger partial charge in [0.05, 0.1) is 25.4 Å². The van der Waals surface area contributed by atoms with Crippen molar-refractivity contribution in [2.24, 2.45) is 0 Å². The summed E-state index contributed by atoms with van der Waals surface area (Å²) in [4.78, 5) is 4.85. The Morgan fingerprint density at radius 2 is 1.81 bits per heavy atom. The van der Waals surface area contributed by atoms with Gasteiger partial charge in [-0.3, -0.25) is 9.80 Å². The third-order valence-corrected chi connectivity index (χ3v) is 5.62. The quantitative estimate of drug-likeness (QED) is 0.717. The van der Waals surface area contributed by atoms with E-state index in [4.69, 9.17) is 9.47 Å². The molecule has 0 amide bonds. The highest BCUT2D eigenvalue weighted by Crippen LogP contribution is 2.16. The molecule has 2 aliphatic heterocycles. The van der Waals surface area contributed by atoms with Gasteiger partial charge in [0.25, 0.3) is 0 Å². The molecule has 5 heteroatoms. The summed E-state index contributed by atoms with van der Waals surface area (Å²) in [5.41, 5.74) is 2.79. The van der Waals surface area contributed by atoms with Gasteiger partial charge >= 0.3 is 0 Å². The molecule has 2 atom stereocenters. The molecule has 0 aromatic heterocycles. The van der Waals surface area contributed by atoms with Gasteiger partial charge in [0.1, 0.15) is 0 Å². The van der Waals surface area contributed by atoms with E-state index in [1.54, 1.807) is 0 Å². The molecular weight excluding hydrogens is 340 g/mol. The van der Waals surface area contributed by atoms with Crippen LogP contribution < -0.4 is 0 Å². The molecule has 2 heterocycles. The summed E-state index contributed by atoms with van der Waals surface area (Å²) in [6.07, 6.45) is 2.03. The molecule has 3 rings (SSSR count). The first kappa shape index (κ1) is 20.7. The number of hydrogen-bond acceptors (Lipinski definition) is 5. The number of ether oxygens (including phenoxy) is 2. The van der Waals surface area contributed by atoms with E-state index in [9.17, 15) is 5.11 Å². The maximum Gasteiger partial charge on any atom is 0.0900 e. The molecule has 0 saturated carbocycles. The summed E-state index contributed by atoms with van der Waals surface area (Å²) in [6, 6.07) is 9.03. The van der Waals surface area contributed by atoms with Crippen molar-refractivity contribution in [2.45, 2.75) is 51.4 Å². The van der Waals surface area contributed by atoms with Gasteiger partial charge in [0.2, 0.25) is 0 Å². The van der Waals surface area contributed by atoms with Crippen LogP contribution in [-0.2, 0) is 16.0 Å². The lowest BCUT2D eigenvalue weighted by Gasteiger charge is -2.35. The second-order valence-corrected chi connectivity index (χ2v) is 8.30. The molecule has 2 fully saturated rings. The molecule has 0 spiro atoms. The predicted molar refractivity (Wildman–Crippen MR) is 108 cm³/mol. The van der Waals surface area contributed by atoms with Crippen LogP contribution in [0.1, 0.15) is 43.7 Å². The lowest BCUT2D eigenvalue weighted by atomic mass is 10.0. The van der Waals surface area contributed by atoms with E-state index >= 15 is 0 Å². The first-order valence-corrected chi connectivity index (χ1v) is 10.5. The highest BCUT2D eigenvalue weighted by atomic mass is 16.5. The van der Waals surface area contributed by atoms with E-state index in [0.717, 1.165) is 52.2 Å². The van der Waals surface area contributed by atoms with Gasteiger partial charge < -0.3 is 14.6 Å². The highest BCUT2D eigenvalue weighted by molar-refractivity contribution is 5.24. The van der Waals surface area contributed by atoms with Crippen molar-refractivity contribution >= 4 is 0 Å². The average Bonchev–Trinajstić information content (AvgIpc) is 3.17. The molecule has 0 aliphatic carbocycles. The zero-order valence-corrected chi connectivity index (χ0v) is 17.0. The van der Waals surface area contributed by atoms with E-state index in [2.05, 4.69) is 47.9 Å². The maximum absolute atomic E-state index is 10.2. The Morgan fingerprint density at radius 3 is 2.44 bits per heavy atom. The van der Waals surface area contributed by atoms with Crippen LogP contribution in [0.5, 0.6) is 0 Å². The van der Waals surface area contributed by atoms with Gasteiger partial charge in [-0.05, 0) is 29.9 Å². The van der Waals surface area contributed by atoms with Crippen LogP contribution in [0.3, 0.4) is 0 Å². The van der Waals surface area contributed by atoms with Crippen molar-refractivity contribution in [1.29, 1.82) is 0 Å². The maximum atomic E-state index is 10.2. The van der Waals surface area contributed by atoms with Crippen LogP contribution in [0, 0.1) is 0 Å². The van der Waals surface area contributed by atoms with Gasteiger partial charge in [-0.2, -0.15) is 0 Å². The SMILES string of the molecule is CC(C)c1ccc(CN2CCN(CC(O)COCC3CCCO3)CC2)cc1. The van der Waals surface area contributed by atoms with Crippen LogP contribution in [0.15, 0.2) is 24.3 Å². The molecule has 1 N–H and O–H groups in total. The summed E-state index contributed by atoms with van der Waals surface area (Å²) in [5, 5.41) is 10.2. The van der Waals surface area contributed by atoms with Crippen LogP contribution in [0.25, 0.3) is 0 Å². The van der Waals surface area contributed by atoms with E-state index < -0.39 is 6.10 Å². The van der Waals surface area contributed by atoms with Gasteiger partial charge in [0, 0.05) is 45.9 Å². The molecule has 27 heavy (non-hydrogen) atoms. The zero-order chi connectivity index (χ0) is 19.1. The summed E-state index contributed by atoms with van der Waals surface area (Å²) in [6.45, 7) is 12.2. The van der Waals surface area contributed by atoms with E-state index in [0.29, 0.717) is 25.7 Å². The highest BCUT2D eigenvalue weighted by Gasteiger charge is 2.20. The summed E-state index contributed by atoms with van der Waals surface area (Å²) < 4.78 is 11.2. The number of aliphatic hydroxyl groups is 1. The van der Waals surface area contributed by atoms with Crippen LogP contribution >= 0.6 is 0 Å². The molecule has 0 radical (unpaired) electrons. The van der Waals surface area contributed by atoms with E-state index in [1.807, 2.05) is 0 Å². The molecule has 1 aromatic rings. The number of β-amino-alcohol motifs (C(OH)–C–C–N with tert-alkyl or cyclic N) is 1. The van der Waals surface area contributed by atoms with Crippen molar-refractivity contribution in [1.82, 2.24) is 9.80 Å². The number of hydrogen-bond donors (Lipinski definition) is 1. The van der Waals surface area contributed by atoms with Crippen molar-refractivity contribution in [2.75, 3.05) is 52.5 Å².